The van der Waals surface area contributed by atoms with Crippen LogP contribution < -0.4 is 5.32 Å². The molecule has 2 saturated carbocycles. The van der Waals surface area contributed by atoms with Crippen LogP contribution in [0.15, 0.2) is 24.1 Å². The van der Waals surface area contributed by atoms with Gasteiger partial charge in [-0.05, 0) is 66.9 Å². The molecule has 26 heavy (non-hydrogen) atoms. The molecule has 1 amide bonds. The molecular weight excluding hydrogens is 326 g/mol. The number of hydrogen-bond acceptors (Lipinski definition) is 4. The van der Waals surface area contributed by atoms with Crippen LogP contribution in [0.25, 0.3) is 5.70 Å². The maximum Gasteiger partial charge on any atom is 0.243 e. The molecule has 3 aliphatic carbocycles. The average Bonchev–Trinajstić information content (AvgIpc) is 3.20. The number of nitrogens with zero attached hydrogens (tertiary/aromatic N) is 4. The third kappa shape index (κ3) is 2.10. The minimum Gasteiger partial charge on any atom is -0.353 e. The molecule has 1 aromatic rings. The lowest BCUT2D eigenvalue weighted by Crippen LogP contribution is -2.49. The van der Waals surface area contributed by atoms with Crippen molar-refractivity contribution in [2.45, 2.75) is 52.4 Å². The number of carbonyl (C=O) groups is 1. The van der Waals surface area contributed by atoms with E-state index in [1.807, 2.05) is 6.08 Å². The fraction of sp³-hybridized carbons (Fsp3) is 0.700. The zero-order valence-corrected chi connectivity index (χ0v) is 15.6. The molecule has 0 bridgehead atoms. The molecule has 0 spiro atoms. The van der Waals surface area contributed by atoms with E-state index in [-0.39, 0.29) is 16.7 Å². The Balaban J connectivity index is 1.48. The van der Waals surface area contributed by atoms with Gasteiger partial charge in [-0.3, -0.25) is 4.79 Å². The molecule has 5 unspecified atom stereocenters. The molecule has 6 heteroatoms. The normalized spacial score (nSPS) is 41.9. The number of allylic oxidation sites excluding steroid dienone is 3. The van der Waals surface area contributed by atoms with E-state index < -0.39 is 0 Å². The summed E-state index contributed by atoms with van der Waals surface area (Å²) < 4.78 is 0. The first kappa shape index (κ1) is 16.2. The Morgan fingerprint density at radius 1 is 1.19 bits per heavy atom. The van der Waals surface area contributed by atoms with E-state index in [2.05, 4.69) is 40.7 Å². The number of carbonyl (C=O) groups excluding carboxylic acids is 1. The van der Waals surface area contributed by atoms with Crippen molar-refractivity contribution in [2.24, 2.45) is 28.6 Å². The van der Waals surface area contributed by atoms with E-state index in [1.165, 1.54) is 30.4 Å². The van der Waals surface area contributed by atoms with E-state index in [1.54, 1.807) is 4.80 Å². The summed E-state index contributed by atoms with van der Waals surface area (Å²) in [7, 11) is 0. The average molecular weight is 353 g/mol. The molecule has 0 saturated heterocycles. The van der Waals surface area contributed by atoms with Crippen molar-refractivity contribution < 1.29 is 4.79 Å². The standard InChI is InChI=1S/C20H27N5O/c1-19-9-10-21-18(26)11-13(19)3-4-14-15-5-6-17(25-23-12-22-24-25)20(15,2)8-7-16(14)19/h6,11-12,14-16H,3-5,7-10H2,1-2H3,(H,21,26). The van der Waals surface area contributed by atoms with Crippen LogP contribution in [0.5, 0.6) is 0 Å². The quantitative estimate of drug-likeness (QED) is 0.843. The lowest BCUT2D eigenvalue weighted by Gasteiger charge is -2.56. The summed E-state index contributed by atoms with van der Waals surface area (Å²) in [5.41, 5.74) is 2.93. The van der Waals surface area contributed by atoms with Crippen LogP contribution in [0.1, 0.15) is 52.4 Å². The number of amides is 1. The number of fused-ring (bicyclic) bond motifs is 5. The molecule has 1 N–H and O–H groups in total. The molecule has 2 heterocycles. The van der Waals surface area contributed by atoms with E-state index in [0.717, 1.165) is 32.2 Å². The predicted octanol–water partition coefficient (Wildman–Crippen LogP) is 2.81. The van der Waals surface area contributed by atoms with Gasteiger partial charge in [0.15, 0.2) is 6.33 Å². The SMILES string of the molecule is CC12CCNC(=O)C=C1CCC1C2CCC2(C)C(n3ncnn3)=CCC12. The Morgan fingerprint density at radius 3 is 2.88 bits per heavy atom. The Labute approximate surface area is 154 Å². The zero-order valence-electron chi connectivity index (χ0n) is 15.6. The van der Waals surface area contributed by atoms with Gasteiger partial charge in [-0.2, -0.15) is 0 Å². The molecule has 5 rings (SSSR count). The highest BCUT2D eigenvalue weighted by molar-refractivity contribution is 5.88. The van der Waals surface area contributed by atoms with Crippen molar-refractivity contribution >= 4 is 11.6 Å². The molecule has 4 aliphatic rings. The number of aromatic nitrogens is 4. The molecule has 1 aliphatic heterocycles. The molecule has 1 aromatic heterocycles. The molecule has 2 fully saturated rings. The first-order valence-electron chi connectivity index (χ1n) is 9.95. The van der Waals surface area contributed by atoms with E-state index >= 15 is 0 Å². The Morgan fingerprint density at radius 2 is 2.08 bits per heavy atom. The summed E-state index contributed by atoms with van der Waals surface area (Å²) in [6.45, 7) is 5.62. The minimum absolute atomic E-state index is 0.102. The number of nitrogens with one attached hydrogen (secondary N) is 1. The van der Waals surface area contributed by atoms with Gasteiger partial charge in [0.25, 0.3) is 0 Å². The molecule has 6 nitrogen and oxygen atoms in total. The van der Waals surface area contributed by atoms with Crippen LogP contribution in [0.4, 0.5) is 0 Å². The summed E-state index contributed by atoms with van der Waals surface area (Å²) in [4.78, 5) is 13.8. The summed E-state index contributed by atoms with van der Waals surface area (Å²) in [6.07, 6.45) is 12.6. The lowest BCUT2D eigenvalue weighted by molar-refractivity contribution is -0.116. The highest BCUT2D eigenvalue weighted by atomic mass is 16.1. The zero-order chi connectivity index (χ0) is 17.9. The van der Waals surface area contributed by atoms with Gasteiger partial charge in [0.05, 0.1) is 5.70 Å². The van der Waals surface area contributed by atoms with Crippen molar-refractivity contribution in [1.29, 1.82) is 0 Å². The van der Waals surface area contributed by atoms with Crippen LogP contribution in [-0.4, -0.2) is 32.7 Å². The second-order valence-electron chi connectivity index (χ2n) is 9.05. The maximum atomic E-state index is 12.0. The third-order valence-corrected chi connectivity index (χ3v) is 8.09. The monoisotopic (exact) mass is 353 g/mol. The highest BCUT2D eigenvalue weighted by Gasteiger charge is 2.57. The van der Waals surface area contributed by atoms with E-state index in [4.69, 9.17) is 0 Å². The van der Waals surface area contributed by atoms with Crippen molar-refractivity contribution in [3.63, 3.8) is 0 Å². The summed E-state index contributed by atoms with van der Waals surface area (Å²) in [5, 5.41) is 15.4. The second kappa shape index (κ2) is 5.51. The van der Waals surface area contributed by atoms with Crippen molar-refractivity contribution in [3.05, 3.63) is 24.1 Å². The fourth-order valence-electron chi connectivity index (χ4n) is 6.70. The fourth-order valence-corrected chi connectivity index (χ4v) is 6.70. The first-order chi connectivity index (χ1) is 12.5. The second-order valence-corrected chi connectivity index (χ2v) is 9.05. The van der Waals surface area contributed by atoms with Crippen molar-refractivity contribution in [1.82, 2.24) is 25.5 Å². The summed E-state index contributed by atoms with van der Waals surface area (Å²) in [6, 6.07) is 0. The van der Waals surface area contributed by atoms with Gasteiger partial charge in [0.1, 0.15) is 0 Å². The Kier molecular flexibility index (Phi) is 3.43. The Hall–Kier alpha value is -1.98. The predicted molar refractivity (Wildman–Crippen MR) is 97.6 cm³/mol. The summed E-state index contributed by atoms with van der Waals surface area (Å²) in [5.74, 6) is 2.13. The number of rotatable bonds is 1. The molecular formula is C20H27N5O. The van der Waals surface area contributed by atoms with E-state index in [0.29, 0.717) is 17.8 Å². The smallest absolute Gasteiger partial charge is 0.243 e. The van der Waals surface area contributed by atoms with Crippen LogP contribution in [0.2, 0.25) is 0 Å². The van der Waals surface area contributed by atoms with Crippen LogP contribution in [0.3, 0.4) is 0 Å². The largest absolute Gasteiger partial charge is 0.353 e. The van der Waals surface area contributed by atoms with Gasteiger partial charge in [-0.1, -0.05) is 25.5 Å². The van der Waals surface area contributed by atoms with Crippen LogP contribution in [-0.2, 0) is 4.79 Å². The highest BCUT2D eigenvalue weighted by Crippen LogP contribution is 2.65. The minimum atomic E-state index is 0.102. The van der Waals surface area contributed by atoms with Gasteiger partial charge < -0.3 is 5.32 Å². The topological polar surface area (TPSA) is 72.7 Å². The molecule has 138 valence electrons. The summed E-state index contributed by atoms with van der Waals surface area (Å²) >= 11 is 0. The van der Waals surface area contributed by atoms with Gasteiger partial charge in [-0.25, -0.2) is 0 Å². The first-order valence-corrected chi connectivity index (χ1v) is 9.95. The number of tetrazole rings is 1. The molecule has 0 radical (unpaired) electrons. The van der Waals surface area contributed by atoms with Crippen LogP contribution in [0, 0.1) is 28.6 Å². The van der Waals surface area contributed by atoms with Crippen molar-refractivity contribution in [2.75, 3.05) is 6.54 Å². The van der Waals surface area contributed by atoms with Crippen LogP contribution >= 0.6 is 0 Å². The van der Waals surface area contributed by atoms with Gasteiger partial charge in [-0.15, -0.1) is 15.0 Å². The maximum absolute atomic E-state index is 12.0. The van der Waals surface area contributed by atoms with Crippen molar-refractivity contribution in [3.8, 4) is 0 Å². The Bertz CT molecular complexity index is 797. The van der Waals surface area contributed by atoms with Gasteiger partial charge in [0, 0.05) is 18.0 Å². The molecule has 5 atom stereocenters. The van der Waals surface area contributed by atoms with Gasteiger partial charge in [0.2, 0.25) is 5.91 Å². The lowest BCUT2D eigenvalue weighted by atomic mass is 9.48. The molecule has 0 aromatic carbocycles. The third-order valence-electron chi connectivity index (χ3n) is 8.09. The van der Waals surface area contributed by atoms with Gasteiger partial charge >= 0.3 is 0 Å². The van der Waals surface area contributed by atoms with E-state index in [9.17, 15) is 4.79 Å². The number of hydrogen-bond donors (Lipinski definition) is 1.